The zero-order valence-corrected chi connectivity index (χ0v) is 17.9. The number of amides is 3. The average molecular weight is 477 g/mol. The number of guanidine groups is 1. The first-order chi connectivity index (χ1) is 15.3. The van der Waals surface area contributed by atoms with E-state index in [1.54, 1.807) is 0 Å². The minimum absolute atomic E-state index is 0.132. The predicted molar refractivity (Wildman–Crippen MR) is 112 cm³/mol. The van der Waals surface area contributed by atoms with Gasteiger partial charge in [-0.2, -0.15) is 0 Å². The molecule has 0 aromatic heterocycles. The number of carbonyl (C=O) groups excluding carboxylic acids is 3. The summed E-state index contributed by atoms with van der Waals surface area (Å²) in [6.07, 6.45) is -1.94. The maximum absolute atomic E-state index is 12.6. The quantitative estimate of drug-likeness (QED) is 0.0601. The molecule has 16 heteroatoms. The van der Waals surface area contributed by atoms with Crippen molar-refractivity contribution in [2.24, 2.45) is 22.2 Å². The van der Waals surface area contributed by atoms with Crippen molar-refractivity contribution in [3.8, 4) is 0 Å². The molecule has 0 bridgehead atoms. The van der Waals surface area contributed by atoms with Gasteiger partial charge in [-0.05, 0) is 19.8 Å². The van der Waals surface area contributed by atoms with E-state index in [2.05, 4.69) is 10.3 Å². The van der Waals surface area contributed by atoms with Crippen molar-refractivity contribution in [2.75, 3.05) is 13.2 Å². The van der Waals surface area contributed by atoms with Crippen LogP contribution in [0, 0.1) is 0 Å². The molecule has 3 amide bonds. The highest BCUT2D eigenvalue weighted by Gasteiger charge is 2.33. The average Bonchev–Trinajstić information content (AvgIpc) is 2.70. The second-order valence-corrected chi connectivity index (χ2v) is 7.02. The molecule has 0 aromatic carbocycles. The van der Waals surface area contributed by atoms with Gasteiger partial charge in [-0.15, -0.1) is 0 Å². The fourth-order valence-electron chi connectivity index (χ4n) is 2.42. The predicted octanol–water partition coefficient (Wildman–Crippen LogP) is -5.25. The Morgan fingerprint density at radius 3 is 1.97 bits per heavy atom. The number of carboxylic acids is 2. The van der Waals surface area contributed by atoms with E-state index in [1.807, 2.05) is 10.6 Å². The highest BCUT2D eigenvalue weighted by molar-refractivity contribution is 5.95. The van der Waals surface area contributed by atoms with Crippen LogP contribution in [0.3, 0.4) is 0 Å². The molecule has 16 nitrogen and oxygen atoms in total. The van der Waals surface area contributed by atoms with Gasteiger partial charge in [0.2, 0.25) is 17.7 Å². The Morgan fingerprint density at radius 2 is 1.52 bits per heavy atom. The summed E-state index contributed by atoms with van der Waals surface area (Å²) in [5, 5.41) is 42.9. The van der Waals surface area contributed by atoms with Gasteiger partial charge in [-0.3, -0.25) is 24.2 Å². The molecule has 188 valence electrons. The van der Waals surface area contributed by atoms with Crippen LogP contribution in [0.25, 0.3) is 0 Å². The first-order valence-electron chi connectivity index (χ1n) is 9.75. The van der Waals surface area contributed by atoms with E-state index in [-0.39, 0.29) is 18.9 Å². The van der Waals surface area contributed by atoms with E-state index >= 15 is 0 Å². The maximum atomic E-state index is 12.6. The molecule has 0 aliphatic heterocycles. The van der Waals surface area contributed by atoms with Crippen LogP contribution >= 0.6 is 0 Å². The summed E-state index contributed by atoms with van der Waals surface area (Å²) in [7, 11) is 0. The largest absolute Gasteiger partial charge is 0.481 e. The van der Waals surface area contributed by atoms with E-state index in [0.29, 0.717) is 6.42 Å². The van der Waals surface area contributed by atoms with Gasteiger partial charge in [0, 0.05) is 6.54 Å². The first-order valence-corrected chi connectivity index (χ1v) is 9.75. The van der Waals surface area contributed by atoms with Gasteiger partial charge in [0.05, 0.1) is 25.2 Å². The highest BCUT2D eigenvalue weighted by atomic mass is 16.4. The fraction of sp³-hybridized carbons (Fsp3) is 0.647. The topological polar surface area (TPSA) is 293 Å². The highest BCUT2D eigenvalue weighted by Crippen LogP contribution is 2.02. The van der Waals surface area contributed by atoms with Crippen molar-refractivity contribution >= 4 is 35.6 Å². The second-order valence-electron chi connectivity index (χ2n) is 7.02. The van der Waals surface area contributed by atoms with E-state index in [9.17, 15) is 29.1 Å². The van der Waals surface area contributed by atoms with E-state index in [0.717, 1.165) is 6.92 Å². The molecule has 0 fully saturated rings. The summed E-state index contributed by atoms with van der Waals surface area (Å²) in [6, 6.07) is -6.21. The summed E-state index contributed by atoms with van der Waals surface area (Å²) in [5.41, 5.74) is 16.1. The SMILES string of the molecule is CC(O)C(NC(=O)C(N)CCCN=C(N)N)C(=O)NC(CC(=O)O)C(=O)NC(CO)C(=O)O. The molecule has 0 aromatic rings. The standard InChI is InChI=1S/C17H31N7O9/c1-7(26)12(24-13(29)8(18)3-2-4-21-17(19)20)15(31)22-9(5-11(27)28)14(30)23-10(6-25)16(32)33/h7-10,12,25-26H,2-6,18H2,1H3,(H,22,31)(H,23,30)(H,24,29)(H,27,28)(H,32,33)(H4,19,20,21). The molecular weight excluding hydrogens is 446 g/mol. The Balaban J connectivity index is 5.23. The van der Waals surface area contributed by atoms with Gasteiger partial charge in [-0.1, -0.05) is 0 Å². The number of aliphatic carboxylic acids is 2. The molecule has 0 spiro atoms. The third-order valence-electron chi connectivity index (χ3n) is 4.18. The van der Waals surface area contributed by atoms with Crippen LogP contribution in [0.5, 0.6) is 0 Å². The molecule has 0 saturated carbocycles. The van der Waals surface area contributed by atoms with Crippen LogP contribution in [-0.2, 0) is 24.0 Å². The molecule has 5 unspecified atom stereocenters. The molecule has 0 heterocycles. The number of aliphatic hydroxyl groups excluding tert-OH is 2. The molecule has 5 atom stereocenters. The number of aliphatic imine (C=N–C) groups is 1. The third kappa shape index (κ3) is 11.6. The lowest BCUT2D eigenvalue weighted by molar-refractivity contribution is -0.144. The number of aliphatic hydroxyl groups is 2. The fourth-order valence-corrected chi connectivity index (χ4v) is 2.42. The first kappa shape index (κ1) is 29.5. The van der Waals surface area contributed by atoms with Crippen molar-refractivity contribution < 1.29 is 44.4 Å². The summed E-state index contributed by atoms with van der Waals surface area (Å²) < 4.78 is 0. The lowest BCUT2D eigenvalue weighted by atomic mass is 10.1. The number of nitrogens with zero attached hydrogens (tertiary/aromatic N) is 1. The van der Waals surface area contributed by atoms with E-state index in [4.69, 9.17) is 32.5 Å². The summed E-state index contributed by atoms with van der Waals surface area (Å²) >= 11 is 0. The van der Waals surface area contributed by atoms with Crippen molar-refractivity contribution in [1.82, 2.24) is 16.0 Å². The number of nitrogens with one attached hydrogen (secondary N) is 3. The molecule has 0 aliphatic carbocycles. The van der Waals surface area contributed by atoms with Gasteiger partial charge in [-0.25, -0.2) is 4.79 Å². The Hall–Kier alpha value is -3.50. The zero-order chi connectivity index (χ0) is 25.7. The number of rotatable bonds is 15. The third-order valence-corrected chi connectivity index (χ3v) is 4.18. The maximum Gasteiger partial charge on any atom is 0.328 e. The van der Waals surface area contributed by atoms with E-state index < -0.39 is 73.0 Å². The summed E-state index contributed by atoms with van der Waals surface area (Å²) in [6.45, 7) is 0.385. The van der Waals surface area contributed by atoms with Crippen molar-refractivity contribution in [3.05, 3.63) is 0 Å². The Bertz CT molecular complexity index is 740. The Labute approximate surface area is 188 Å². The number of carbonyl (C=O) groups is 5. The van der Waals surface area contributed by atoms with Crippen LogP contribution in [0.4, 0.5) is 0 Å². The number of carboxylic acid groups (broad SMARTS) is 2. The molecule has 0 saturated heterocycles. The lowest BCUT2D eigenvalue weighted by Crippen LogP contribution is -2.60. The smallest absolute Gasteiger partial charge is 0.328 e. The second kappa shape index (κ2) is 14.5. The number of hydrogen-bond acceptors (Lipinski definition) is 9. The van der Waals surface area contributed by atoms with Crippen LogP contribution < -0.4 is 33.2 Å². The van der Waals surface area contributed by atoms with Crippen LogP contribution in [0.2, 0.25) is 0 Å². The molecule has 0 radical (unpaired) electrons. The number of nitrogens with two attached hydrogens (primary N) is 3. The van der Waals surface area contributed by atoms with Crippen LogP contribution in [0.15, 0.2) is 4.99 Å². The summed E-state index contributed by atoms with van der Waals surface area (Å²) in [5.74, 6) is -6.37. The van der Waals surface area contributed by atoms with Gasteiger partial charge < -0.3 is 53.6 Å². The number of hydrogen-bond donors (Lipinski definition) is 10. The van der Waals surface area contributed by atoms with Crippen LogP contribution in [0.1, 0.15) is 26.2 Å². The molecular formula is C17H31N7O9. The van der Waals surface area contributed by atoms with Crippen molar-refractivity contribution in [2.45, 2.75) is 56.5 Å². The van der Waals surface area contributed by atoms with Crippen molar-refractivity contribution in [3.63, 3.8) is 0 Å². The molecule has 0 aliphatic rings. The monoisotopic (exact) mass is 477 g/mol. The van der Waals surface area contributed by atoms with Gasteiger partial charge in [0.1, 0.15) is 18.1 Å². The van der Waals surface area contributed by atoms with Crippen LogP contribution in [-0.4, -0.2) is 99.5 Å². The zero-order valence-electron chi connectivity index (χ0n) is 17.9. The normalized spacial score (nSPS) is 15.2. The molecule has 33 heavy (non-hydrogen) atoms. The molecule has 0 rings (SSSR count). The lowest BCUT2D eigenvalue weighted by Gasteiger charge is -2.25. The molecule has 13 N–H and O–H groups in total. The minimum atomic E-state index is -1.77. The van der Waals surface area contributed by atoms with Gasteiger partial charge in [0.25, 0.3) is 0 Å². The van der Waals surface area contributed by atoms with E-state index in [1.165, 1.54) is 0 Å². The summed E-state index contributed by atoms with van der Waals surface area (Å²) in [4.78, 5) is 62.8. The minimum Gasteiger partial charge on any atom is -0.481 e. The van der Waals surface area contributed by atoms with Gasteiger partial charge in [0.15, 0.2) is 5.96 Å². The van der Waals surface area contributed by atoms with Crippen molar-refractivity contribution in [1.29, 1.82) is 0 Å². The Morgan fingerprint density at radius 1 is 0.939 bits per heavy atom. The Kier molecular flexibility index (Phi) is 13.0. The van der Waals surface area contributed by atoms with Gasteiger partial charge >= 0.3 is 11.9 Å².